The van der Waals surface area contributed by atoms with Crippen molar-refractivity contribution in [3.8, 4) is 6.07 Å². The van der Waals surface area contributed by atoms with E-state index in [1.807, 2.05) is 24.3 Å². The minimum atomic E-state index is -0.479. The van der Waals surface area contributed by atoms with Gasteiger partial charge in [0.25, 0.3) is 0 Å². The molecule has 0 aliphatic carbocycles. The van der Waals surface area contributed by atoms with E-state index in [0.717, 1.165) is 22.3 Å². The zero-order valence-corrected chi connectivity index (χ0v) is 14.2. The Kier molecular flexibility index (Phi) is 3.86. The minimum Gasteiger partial charge on any atom is -0.311 e. The van der Waals surface area contributed by atoms with Crippen LogP contribution in [0.25, 0.3) is 10.2 Å². The van der Waals surface area contributed by atoms with Crippen molar-refractivity contribution in [2.75, 3.05) is 11.4 Å². The highest BCUT2D eigenvalue weighted by Gasteiger charge is 2.33. The number of hydrogen-bond acceptors (Lipinski definition) is 4. The third-order valence-electron chi connectivity index (χ3n) is 4.55. The van der Waals surface area contributed by atoms with Crippen LogP contribution >= 0.6 is 11.3 Å². The molecule has 1 unspecified atom stereocenters. The summed E-state index contributed by atoms with van der Waals surface area (Å²) in [6.45, 7) is 0.623. The molecule has 0 saturated carbocycles. The molecule has 0 spiro atoms. The van der Waals surface area contributed by atoms with Gasteiger partial charge in [-0.3, -0.25) is 14.2 Å². The van der Waals surface area contributed by atoms with Gasteiger partial charge in [-0.25, -0.2) is 0 Å². The smallest absolute Gasteiger partial charge is 0.308 e. The third kappa shape index (κ3) is 2.63. The maximum absolute atomic E-state index is 13.1. The maximum atomic E-state index is 13.1. The summed E-state index contributed by atoms with van der Waals surface area (Å²) in [5.74, 6) is -0.0680. The summed E-state index contributed by atoms with van der Waals surface area (Å²) in [4.78, 5) is 27.2. The van der Waals surface area contributed by atoms with E-state index in [0.29, 0.717) is 18.5 Å². The van der Waals surface area contributed by atoms with Gasteiger partial charge in [-0.1, -0.05) is 23.5 Å². The normalized spacial score (nSPS) is 17.6. The van der Waals surface area contributed by atoms with Crippen LogP contribution in [0.5, 0.6) is 0 Å². The van der Waals surface area contributed by atoms with Crippen molar-refractivity contribution >= 4 is 33.1 Å². The Hall–Kier alpha value is -2.91. The molecule has 3 aromatic rings. The van der Waals surface area contributed by atoms with Crippen molar-refractivity contribution in [3.63, 3.8) is 0 Å². The lowest BCUT2D eigenvalue weighted by Crippen LogP contribution is -2.44. The van der Waals surface area contributed by atoms with Crippen molar-refractivity contribution in [3.05, 3.63) is 63.8 Å². The molecule has 1 aliphatic heterocycles. The van der Waals surface area contributed by atoms with E-state index < -0.39 is 6.04 Å². The predicted molar refractivity (Wildman–Crippen MR) is 97.9 cm³/mol. The quantitative estimate of drug-likeness (QED) is 0.713. The number of anilines is 1. The molecule has 1 atom stereocenters. The third-order valence-corrected chi connectivity index (χ3v) is 5.49. The first kappa shape index (κ1) is 15.6. The first-order valence-corrected chi connectivity index (χ1v) is 8.92. The summed E-state index contributed by atoms with van der Waals surface area (Å²) in [7, 11) is 0. The van der Waals surface area contributed by atoms with Gasteiger partial charge in [0.05, 0.1) is 21.8 Å². The topological polar surface area (TPSA) is 66.1 Å². The number of nitriles is 1. The molecule has 2 heterocycles. The number of carbonyl (C=O) groups is 1. The highest BCUT2D eigenvalue weighted by Crippen LogP contribution is 2.30. The minimum absolute atomic E-state index is 0.0680. The summed E-state index contributed by atoms with van der Waals surface area (Å²) in [6, 6.07) is 16.2. The molecule has 25 heavy (non-hydrogen) atoms. The van der Waals surface area contributed by atoms with Gasteiger partial charge < -0.3 is 4.90 Å². The molecule has 0 N–H and O–H groups in total. The second kappa shape index (κ2) is 6.19. The molecule has 0 radical (unpaired) electrons. The monoisotopic (exact) mass is 349 g/mol. The van der Waals surface area contributed by atoms with Crippen LogP contribution in [0, 0.1) is 11.3 Å². The van der Waals surface area contributed by atoms with Crippen LogP contribution in [-0.4, -0.2) is 17.0 Å². The predicted octanol–water partition coefficient (Wildman–Crippen LogP) is 3.30. The Balaban J connectivity index is 1.73. The average Bonchev–Trinajstić information content (AvgIpc) is 2.98. The average molecular weight is 349 g/mol. The highest BCUT2D eigenvalue weighted by atomic mass is 32.1. The Labute approximate surface area is 148 Å². The second-order valence-electron chi connectivity index (χ2n) is 6.01. The fourth-order valence-electron chi connectivity index (χ4n) is 3.35. The van der Waals surface area contributed by atoms with Gasteiger partial charge in [-0.15, -0.1) is 0 Å². The Bertz CT molecular complexity index is 1040. The van der Waals surface area contributed by atoms with E-state index in [9.17, 15) is 9.59 Å². The standard InChI is InChI=1S/C19H15N3O2S/c20-12-13-7-9-14(10-8-13)21-11-3-5-16(18(21)23)22-15-4-1-2-6-17(15)25-19(22)24/h1-2,4,6-10,16H,3,5,11H2. The number of rotatable bonds is 2. The van der Waals surface area contributed by atoms with Crippen molar-refractivity contribution in [1.82, 2.24) is 4.57 Å². The van der Waals surface area contributed by atoms with Gasteiger partial charge in [0.15, 0.2) is 0 Å². The number of thiazole rings is 1. The summed E-state index contributed by atoms with van der Waals surface area (Å²) in [6.07, 6.45) is 1.49. The lowest BCUT2D eigenvalue weighted by molar-refractivity contribution is -0.123. The van der Waals surface area contributed by atoms with Crippen LogP contribution in [0.4, 0.5) is 5.69 Å². The molecular formula is C19H15N3O2S. The van der Waals surface area contributed by atoms with Crippen LogP contribution in [0.2, 0.25) is 0 Å². The first-order chi connectivity index (χ1) is 12.2. The van der Waals surface area contributed by atoms with Crippen LogP contribution in [0.15, 0.2) is 53.3 Å². The number of carbonyl (C=O) groups excluding carboxylic acids is 1. The molecule has 0 bridgehead atoms. The molecule has 4 rings (SSSR count). The van der Waals surface area contributed by atoms with E-state index in [1.165, 1.54) is 11.3 Å². The van der Waals surface area contributed by atoms with Gasteiger partial charge in [0.1, 0.15) is 6.04 Å². The number of benzene rings is 2. The fraction of sp³-hybridized carbons (Fsp3) is 0.211. The molecule has 1 saturated heterocycles. The van der Waals surface area contributed by atoms with E-state index in [4.69, 9.17) is 5.26 Å². The molecule has 1 aromatic heterocycles. The Morgan fingerprint density at radius 2 is 1.84 bits per heavy atom. The molecule has 124 valence electrons. The van der Waals surface area contributed by atoms with Crippen molar-refractivity contribution in [2.45, 2.75) is 18.9 Å². The van der Waals surface area contributed by atoms with Crippen LogP contribution in [0.1, 0.15) is 24.4 Å². The zero-order chi connectivity index (χ0) is 17.4. The first-order valence-electron chi connectivity index (χ1n) is 8.10. The number of para-hydroxylation sites is 1. The summed E-state index contributed by atoms with van der Waals surface area (Å²) < 4.78 is 2.54. The summed E-state index contributed by atoms with van der Waals surface area (Å²) >= 11 is 1.18. The lowest BCUT2D eigenvalue weighted by Gasteiger charge is -2.33. The van der Waals surface area contributed by atoms with Crippen molar-refractivity contribution in [2.24, 2.45) is 0 Å². The van der Waals surface area contributed by atoms with E-state index in [-0.39, 0.29) is 10.8 Å². The molecule has 6 heteroatoms. The van der Waals surface area contributed by atoms with Gasteiger partial charge in [-0.2, -0.15) is 5.26 Å². The van der Waals surface area contributed by atoms with E-state index in [1.54, 1.807) is 33.7 Å². The summed E-state index contributed by atoms with van der Waals surface area (Å²) in [5.41, 5.74) is 2.14. The van der Waals surface area contributed by atoms with Crippen molar-refractivity contribution in [1.29, 1.82) is 5.26 Å². The van der Waals surface area contributed by atoms with Gasteiger partial charge >= 0.3 is 4.87 Å². The number of aromatic nitrogens is 1. The second-order valence-corrected chi connectivity index (χ2v) is 7.01. The molecule has 1 fully saturated rings. The maximum Gasteiger partial charge on any atom is 0.308 e. The molecule has 1 amide bonds. The largest absolute Gasteiger partial charge is 0.311 e. The highest BCUT2D eigenvalue weighted by molar-refractivity contribution is 7.16. The van der Waals surface area contributed by atoms with Crippen molar-refractivity contribution < 1.29 is 4.79 Å². The van der Waals surface area contributed by atoms with Gasteiger partial charge in [0.2, 0.25) is 5.91 Å². The van der Waals surface area contributed by atoms with Gasteiger partial charge in [0, 0.05) is 12.2 Å². The fourth-order valence-corrected chi connectivity index (χ4v) is 4.28. The Morgan fingerprint density at radius 1 is 1.08 bits per heavy atom. The number of hydrogen-bond donors (Lipinski definition) is 0. The number of fused-ring (bicyclic) bond motifs is 1. The Morgan fingerprint density at radius 3 is 2.60 bits per heavy atom. The van der Waals surface area contributed by atoms with E-state index >= 15 is 0 Å². The van der Waals surface area contributed by atoms with Gasteiger partial charge in [-0.05, 0) is 49.2 Å². The van der Waals surface area contributed by atoms with Crippen LogP contribution in [0.3, 0.4) is 0 Å². The SMILES string of the molecule is N#Cc1ccc(N2CCCC(n3c(=O)sc4ccccc43)C2=O)cc1. The van der Waals surface area contributed by atoms with Crippen LogP contribution < -0.4 is 9.77 Å². The molecule has 5 nitrogen and oxygen atoms in total. The van der Waals surface area contributed by atoms with E-state index in [2.05, 4.69) is 6.07 Å². The number of piperidine rings is 1. The molecule has 1 aliphatic rings. The summed E-state index contributed by atoms with van der Waals surface area (Å²) in [5, 5.41) is 8.92. The molecule has 2 aromatic carbocycles. The zero-order valence-electron chi connectivity index (χ0n) is 13.4. The number of amides is 1. The molecular weight excluding hydrogens is 334 g/mol. The lowest BCUT2D eigenvalue weighted by atomic mass is 10.0. The number of nitrogens with zero attached hydrogens (tertiary/aromatic N) is 3. The van der Waals surface area contributed by atoms with Crippen LogP contribution in [-0.2, 0) is 4.79 Å².